The van der Waals surface area contributed by atoms with Crippen molar-refractivity contribution in [3.8, 4) is 0 Å². The number of para-hydroxylation sites is 2. The van der Waals surface area contributed by atoms with E-state index < -0.39 is 0 Å². The molecule has 0 N–H and O–H groups in total. The molecule has 1 aliphatic heterocycles. The number of fused-ring (bicyclic) bond motifs is 1. The third-order valence-electron chi connectivity index (χ3n) is 5.56. The summed E-state index contributed by atoms with van der Waals surface area (Å²) in [5.74, 6) is 1.45. The Morgan fingerprint density at radius 3 is 2.63 bits per heavy atom. The van der Waals surface area contributed by atoms with E-state index in [0.29, 0.717) is 6.42 Å². The number of carbonyl (C=O) groups excluding carboxylic acids is 1. The number of rotatable bonds is 4. The van der Waals surface area contributed by atoms with Gasteiger partial charge in [-0.25, -0.2) is 9.99 Å². The van der Waals surface area contributed by atoms with Crippen LogP contribution in [-0.2, 0) is 11.3 Å². The molecule has 2 aromatic heterocycles. The fourth-order valence-electron chi connectivity index (χ4n) is 3.97. The zero-order valence-corrected chi connectivity index (χ0v) is 16.9. The molecule has 0 saturated heterocycles. The van der Waals surface area contributed by atoms with Crippen LogP contribution in [0.3, 0.4) is 0 Å². The van der Waals surface area contributed by atoms with Crippen molar-refractivity contribution in [3.63, 3.8) is 0 Å². The summed E-state index contributed by atoms with van der Waals surface area (Å²) in [6.07, 6.45) is 2.25. The molecule has 6 nitrogen and oxygen atoms in total. The summed E-state index contributed by atoms with van der Waals surface area (Å²) in [6.45, 7) is 4.15. The number of hydrazone groups is 1. The average molecular weight is 398 g/mol. The molecule has 5 rings (SSSR count). The predicted octanol–water partition coefficient (Wildman–Crippen LogP) is 4.62. The Balaban J connectivity index is 1.49. The summed E-state index contributed by atoms with van der Waals surface area (Å²) < 4.78 is 7.58. The number of nitrogens with zero attached hydrogens (tertiary/aromatic N) is 4. The minimum absolute atomic E-state index is 0.0928. The van der Waals surface area contributed by atoms with E-state index in [-0.39, 0.29) is 18.5 Å². The quantitative estimate of drug-likeness (QED) is 0.504. The number of aryl methyl sites for hydroxylation is 2. The van der Waals surface area contributed by atoms with Crippen LogP contribution in [0.4, 0.5) is 0 Å². The van der Waals surface area contributed by atoms with E-state index in [2.05, 4.69) is 36.2 Å². The first kappa shape index (κ1) is 18.4. The fourth-order valence-corrected chi connectivity index (χ4v) is 3.97. The second-order valence-electron chi connectivity index (χ2n) is 7.62. The number of hydrogen-bond acceptors (Lipinski definition) is 4. The predicted molar refractivity (Wildman–Crippen MR) is 115 cm³/mol. The zero-order valence-electron chi connectivity index (χ0n) is 16.9. The van der Waals surface area contributed by atoms with E-state index in [9.17, 15) is 4.79 Å². The van der Waals surface area contributed by atoms with Gasteiger partial charge in [-0.1, -0.05) is 42.0 Å². The van der Waals surface area contributed by atoms with Crippen LogP contribution in [0, 0.1) is 13.8 Å². The van der Waals surface area contributed by atoms with E-state index in [0.717, 1.165) is 33.9 Å². The molecule has 0 spiro atoms. The number of imidazole rings is 1. The molecule has 0 saturated carbocycles. The summed E-state index contributed by atoms with van der Waals surface area (Å²) in [4.78, 5) is 17.9. The minimum atomic E-state index is -0.251. The van der Waals surface area contributed by atoms with Crippen LogP contribution in [0.2, 0.25) is 0 Å². The number of hydrogen-bond donors (Lipinski definition) is 0. The van der Waals surface area contributed by atoms with Crippen LogP contribution in [0.1, 0.15) is 35.2 Å². The van der Waals surface area contributed by atoms with Gasteiger partial charge in [0.1, 0.15) is 24.2 Å². The Morgan fingerprint density at radius 1 is 1.07 bits per heavy atom. The van der Waals surface area contributed by atoms with Crippen LogP contribution < -0.4 is 0 Å². The van der Waals surface area contributed by atoms with E-state index in [1.165, 1.54) is 5.56 Å². The smallest absolute Gasteiger partial charge is 0.263 e. The monoisotopic (exact) mass is 398 g/mol. The summed E-state index contributed by atoms with van der Waals surface area (Å²) in [5.41, 5.74) is 4.93. The maximum Gasteiger partial charge on any atom is 0.263 e. The average Bonchev–Trinajstić information content (AvgIpc) is 3.48. The number of carbonyl (C=O) groups is 1. The maximum atomic E-state index is 13.4. The van der Waals surface area contributed by atoms with Crippen LogP contribution in [0.15, 0.2) is 76.4 Å². The molecule has 1 atom stereocenters. The molecular formula is C24H22N4O2. The summed E-state index contributed by atoms with van der Waals surface area (Å²) in [5, 5.41) is 6.29. The largest absolute Gasteiger partial charge is 0.467 e. The summed E-state index contributed by atoms with van der Waals surface area (Å²) in [7, 11) is 0. The lowest BCUT2D eigenvalue weighted by atomic mass is 10.0. The van der Waals surface area contributed by atoms with Gasteiger partial charge < -0.3 is 8.98 Å². The van der Waals surface area contributed by atoms with Crippen molar-refractivity contribution < 1.29 is 9.21 Å². The fraction of sp³-hybridized carbons (Fsp3) is 0.208. The van der Waals surface area contributed by atoms with E-state index >= 15 is 0 Å². The molecule has 150 valence electrons. The highest BCUT2D eigenvalue weighted by Crippen LogP contribution is 2.33. The second kappa shape index (κ2) is 7.30. The molecule has 0 fully saturated rings. The van der Waals surface area contributed by atoms with Crippen LogP contribution in [0.25, 0.3) is 11.0 Å². The number of benzene rings is 2. The molecule has 0 bridgehead atoms. The standard InChI is InChI=1S/C24H22N4O2/c1-16-9-11-18(12-10-16)20-14-22(23-8-5-13-30-23)28(26-20)24(29)15-27-17(2)25-19-6-3-4-7-21(19)27/h3-13,22H,14-15H2,1-2H3/t22-/m0/s1. The zero-order chi connectivity index (χ0) is 20.7. The topological polar surface area (TPSA) is 63.6 Å². The molecule has 0 aliphatic carbocycles. The van der Waals surface area contributed by atoms with Crippen molar-refractivity contribution in [3.05, 3.63) is 89.6 Å². The third-order valence-corrected chi connectivity index (χ3v) is 5.56. The van der Waals surface area contributed by atoms with Gasteiger partial charge in [-0.15, -0.1) is 0 Å². The number of aromatic nitrogens is 2. The Bertz CT molecular complexity index is 1240. The Labute approximate surface area is 174 Å². The molecule has 0 radical (unpaired) electrons. The van der Waals surface area contributed by atoms with E-state index in [1.54, 1.807) is 11.3 Å². The van der Waals surface area contributed by atoms with Gasteiger partial charge in [-0.2, -0.15) is 5.10 Å². The van der Waals surface area contributed by atoms with E-state index in [4.69, 9.17) is 9.52 Å². The number of furan rings is 1. The Hall–Kier alpha value is -3.67. The van der Waals surface area contributed by atoms with E-state index in [1.807, 2.05) is 47.9 Å². The molecule has 2 aromatic carbocycles. The molecule has 0 unspecified atom stereocenters. The van der Waals surface area contributed by atoms with Crippen LogP contribution >= 0.6 is 0 Å². The van der Waals surface area contributed by atoms with Crippen molar-refractivity contribution in [2.45, 2.75) is 32.9 Å². The van der Waals surface area contributed by atoms with Gasteiger partial charge in [-0.3, -0.25) is 4.79 Å². The van der Waals surface area contributed by atoms with Crippen molar-refractivity contribution >= 4 is 22.7 Å². The van der Waals surface area contributed by atoms with Gasteiger partial charge in [0.05, 0.1) is 23.0 Å². The highest BCUT2D eigenvalue weighted by atomic mass is 16.3. The molecule has 1 amide bonds. The van der Waals surface area contributed by atoms with Crippen LogP contribution in [0.5, 0.6) is 0 Å². The van der Waals surface area contributed by atoms with Gasteiger partial charge in [0, 0.05) is 6.42 Å². The minimum Gasteiger partial charge on any atom is -0.467 e. The van der Waals surface area contributed by atoms with Gasteiger partial charge in [0.2, 0.25) is 0 Å². The number of amides is 1. The SMILES string of the molecule is Cc1ccc(C2=NN(C(=O)Cn3c(C)nc4ccccc43)[C@H](c3ccco3)C2)cc1. The van der Waals surface area contributed by atoms with Gasteiger partial charge in [0.15, 0.2) is 0 Å². The molecule has 30 heavy (non-hydrogen) atoms. The first-order chi connectivity index (χ1) is 14.6. The normalized spacial score (nSPS) is 16.3. The van der Waals surface area contributed by atoms with Gasteiger partial charge in [0.25, 0.3) is 5.91 Å². The van der Waals surface area contributed by atoms with Gasteiger partial charge >= 0.3 is 0 Å². The lowest BCUT2D eigenvalue weighted by molar-refractivity contribution is -0.134. The van der Waals surface area contributed by atoms with Crippen molar-refractivity contribution in [2.75, 3.05) is 0 Å². The lowest BCUT2D eigenvalue weighted by Crippen LogP contribution is -2.30. The van der Waals surface area contributed by atoms with Gasteiger partial charge in [-0.05, 0) is 43.7 Å². The Kier molecular flexibility index (Phi) is 4.47. The molecule has 3 heterocycles. The van der Waals surface area contributed by atoms with Crippen LogP contribution in [-0.4, -0.2) is 26.2 Å². The third kappa shape index (κ3) is 3.20. The van der Waals surface area contributed by atoms with Crippen molar-refractivity contribution in [1.29, 1.82) is 0 Å². The van der Waals surface area contributed by atoms with Crippen molar-refractivity contribution in [2.24, 2.45) is 5.10 Å². The molecule has 1 aliphatic rings. The molecular weight excluding hydrogens is 376 g/mol. The first-order valence-corrected chi connectivity index (χ1v) is 10.0. The second-order valence-corrected chi connectivity index (χ2v) is 7.62. The highest BCUT2D eigenvalue weighted by molar-refractivity contribution is 6.03. The van der Waals surface area contributed by atoms with Crippen molar-refractivity contribution in [1.82, 2.24) is 14.6 Å². The molecule has 4 aromatic rings. The Morgan fingerprint density at radius 2 is 1.87 bits per heavy atom. The first-order valence-electron chi connectivity index (χ1n) is 10.0. The molecule has 6 heteroatoms. The lowest BCUT2D eigenvalue weighted by Gasteiger charge is -2.20. The maximum absolute atomic E-state index is 13.4. The summed E-state index contributed by atoms with van der Waals surface area (Å²) in [6, 6.07) is 19.6. The highest BCUT2D eigenvalue weighted by Gasteiger charge is 2.35. The summed E-state index contributed by atoms with van der Waals surface area (Å²) >= 11 is 0.